The fourth-order valence-electron chi connectivity index (χ4n) is 4.32. The van der Waals surface area contributed by atoms with Crippen LogP contribution in [0.3, 0.4) is 0 Å². The minimum absolute atomic E-state index is 0.0653. The Morgan fingerprint density at radius 2 is 2.17 bits per heavy atom. The van der Waals surface area contributed by atoms with Gasteiger partial charge in [0, 0.05) is 51.0 Å². The molecule has 0 bridgehead atoms. The van der Waals surface area contributed by atoms with Crippen LogP contribution < -0.4 is 10.2 Å². The maximum absolute atomic E-state index is 12.9. The second kappa shape index (κ2) is 8.68. The number of nitrogens with one attached hydrogen (secondary N) is 1. The van der Waals surface area contributed by atoms with Gasteiger partial charge in [0.2, 0.25) is 5.91 Å². The first-order valence-electron chi connectivity index (χ1n) is 10.6. The summed E-state index contributed by atoms with van der Waals surface area (Å²) < 4.78 is 1.85. The number of rotatable bonds is 4. The molecule has 1 saturated heterocycles. The first-order chi connectivity index (χ1) is 14.2. The Morgan fingerprint density at radius 3 is 2.97 bits per heavy atom. The van der Waals surface area contributed by atoms with E-state index in [4.69, 9.17) is 4.99 Å². The van der Waals surface area contributed by atoms with Crippen molar-refractivity contribution in [2.24, 2.45) is 12.0 Å². The average molecular weight is 395 g/mol. The molecular weight excluding hydrogens is 364 g/mol. The summed E-state index contributed by atoms with van der Waals surface area (Å²) in [6.45, 7) is 5.63. The monoisotopic (exact) mass is 394 g/mol. The number of likely N-dealkylation sites (tertiary alicyclic amines) is 1. The minimum Gasteiger partial charge on any atom is -0.357 e. The van der Waals surface area contributed by atoms with E-state index in [1.165, 1.54) is 11.1 Å². The summed E-state index contributed by atoms with van der Waals surface area (Å²) in [6, 6.07) is 8.20. The van der Waals surface area contributed by atoms with Gasteiger partial charge >= 0.3 is 0 Å². The standard InChI is InChI=1S/C22H30N6O/c1-3-23-22(27-12-10-18(16-27)19-13-25-26(2)15-19)24-14-21(29)28-11-6-8-17-7-4-5-9-20(17)28/h4-5,7,9,13,15,18H,3,6,8,10-12,14,16H2,1-2H3,(H,23,24). The second-order valence-electron chi connectivity index (χ2n) is 7.83. The number of para-hydroxylation sites is 1. The number of aliphatic imine (C=N–C) groups is 1. The van der Waals surface area contributed by atoms with Crippen LogP contribution in [0.2, 0.25) is 0 Å². The molecule has 1 unspecified atom stereocenters. The number of guanidine groups is 1. The number of aromatic nitrogens is 2. The van der Waals surface area contributed by atoms with Crippen molar-refractivity contribution >= 4 is 17.6 Å². The zero-order chi connectivity index (χ0) is 20.2. The third kappa shape index (κ3) is 4.28. The molecule has 0 saturated carbocycles. The van der Waals surface area contributed by atoms with Crippen molar-refractivity contribution in [3.8, 4) is 0 Å². The summed E-state index contributed by atoms with van der Waals surface area (Å²) >= 11 is 0. The molecular formula is C22H30N6O. The molecule has 0 radical (unpaired) electrons. The lowest BCUT2D eigenvalue weighted by molar-refractivity contribution is -0.117. The van der Waals surface area contributed by atoms with Gasteiger partial charge in [0.1, 0.15) is 6.54 Å². The zero-order valence-electron chi connectivity index (χ0n) is 17.3. The average Bonchev–Trinajstić information content (AvgIpc) is 3.39. The van der Waals surface area contributed by atoms with E-state index >= 15 is 0 Å². The summed E-state index contributed by atoms with van der Waals surface area (Å²) in [5, 5.41) is 7.66. The van der Waals surface area contributed by atoms with E-state index < -0.39 is 0 Å². The summed E-state index contributed by atoms with van der Waals surface area (Å²) in [5.41, 5.74) is 3.57. The largest absolute Gasteiger partial charge is 0.357 e. The fourth-order valence-corrected chi connectivity index (χ4v) is 4.32. The Kier molecular flexibility index (Phi) is 5.83. The Hall–Kier alpha value is -2.83. The van der Waals surface area contributed by atoms with E-state index in [0.29, 0.717) is 5.92 Å². The van der Waals surface area contributed by atoms with Crippen LogP contribution in [0.25, 0.3) is 0 Å². The maximum Gasteiger partial charge on any atom is 0.248 e. The predicted octanol–water partition coefficient (Wildman–Crippen LogP) is 2.15. The first-order valence-corrected chi connectivity index (χ1v) is 10.6. The van der Waals surface area contributed by atoms with E-state index in [2.05, 4.69) is 34.5 Å². The number of nitrogens with zero attached hydrogens (tertiary/aromatic N) is 5. The Balaban J connectivity index is 1.43. The van der Waals surface area contributed by atoms with Crippen molar-refractivity contribution in [2.45, 2.75) is 32.1 Å². The molecule has 3 heterocycles. The van der Waals surface area contributed by atoms with Crippen molar-refractivity contribution in [2.75, 3.05) is 37.6 Å². The van der Waals surface area contributed by atoms with Crippen molar-refractivity contribution in [1.82, 2.24) is 20.0 Å². The van der Waals surface area contributed by atoms with Gasteiger partial charge in [-0.2, -0.15) is 5.10 Å². The van der Waals surface area contributed by atoms with Crippen LogP contribution in [0.1, 0.15) is 36.8 Å². The SMILES string of the molecule is CCNC(=NCC(=O)N1CCCc2ccccc21)N1CCC(c2cnn(C)c2)C1. The Morgan fingerprint density at radius 1 is 1.31 bits per heavy atom. The predicted molar refractivity (Wildman–Crippen MR) is 115 cm³/mol. The summed E-state index contributed by atoms with van der Waals surface area (Å²) in [5.74, 6) is 1.35. The van der Waals surface area contributed by atoms with Crippen molar-refractivity contribution < 1.29 is 4.79 Å². The maximum atomic E-state index is 12.9. The van der Waals surface area contributed by atoms with Crippen LogP contribution in [-0.2, 0) is 18.3 Å². The summed E-state index contributed by atoms with van der Waals surface area (Å²) in [7, 11) is 1.95. The molecule has 2 aromatic rings. The van der Waals surface area contributed by atoms with Crippen LogP contribution in [0.4, 0.5) is 5.69 Å². The number of benzene rings is 1. The van der Waals surface area contributed by atoms with Gasteiger partial charge in [-0.3, -0.25) is 9.48 Å². The number of aryl methyl sites for hydroxylation is 2. The molecule has 4 rings (SSSR count). The van der Waals surface area contributed by atoms with Gasteiger partial charge in [-0.25, -0.2) is 4.99 Å². The molecule has 0 spiro atoms. The number of carbonyl (C=O) groups is 1. The highest BCUT2D eigenvalue weighted by molar-refractivity contribution is 5.97. The third-order valence-corrected chi connectivity index (χ3v) is 5.79. The van der Waals surface area contributed by atoms with Crippen LogP contribution >= 0.6 is 0 Å². The van der Waals surface area contributed by atoms with Crippen molar-refractivity contribution in [3.05, 3.63) is 47.8 Å². The van der Waals surface area contributed by atoms with Gasteiger partial charge in [-0.1, -0.05) is 18.2 Å². The molecule has 7 heteroatoms. The normalized spacial score (nSPS) is 19.4. The molecule has 1 aromatic heterocycles. The van der Waals surface area contributed by atoms with Crippen LogP contribution in [-0.4, -0.2) is 59.3 Å². The molecule has 1 aromatic carbocycles. The summed E-state index contributed by atoms with van der Waals surface area (Å²) in [4.78, 5) is 21.8. The molecule has 2 aliphatic heterocycles. The summed E-state index contributed by atoms with van der Waals surface area (Å²) in [6.07, 6.45) is 7.16. The molecule has 1 fully saturated rings. The van der Waals surface area contributed by atoms with E-state index in [0.717, 1.165) is 57.1 Å². The molecule has 7 nitrogen and oxygen atoms in total. The van der Waals surface area contributed by atoms with Crippen molar-refractivity contribution in [3.63, 3.8) is 0 Å². The number of amides is 1. The topological polar surface area (TPSA) is 65.8 Å². The minimum atomic E-state index is 0.0653. The lowest BCUT2D eigenvalue weighted by Crippen LogP contribution is -2.42. The van der Waals surface area contributed by atoms with E-state index in [1.54, 1.807) is 0 Å². The van der Waals surface area contributed by atoms with Crippen molar-refractivity contribution in [1.29, 1.82) is 0 Å². The van der Waals surface area contributed by atoms with E-state index in [-0.39, 0.29) is 12.5 Å². The van der Waals surface area contributed by atoms with E-state index in [1.807, 2.05) is 41.0 Å². The highest BCUT2D eigenvalue weighted by Crippen LogP contribution is 2.28. The van der Waals surface area contributed by atoms with Gasteiger partial charge in [0.25, 0.3) is 0 Å². The van der Waals surface area contributed by atoms with Gasteiger partial charge in [-0.15, -0.1) is 0 Å². The Labute approximate surface area is 172 Å². The molecule has 0 aliphatic carbocycles. The number of carbonyl (C=O) groups excluding carboxylic acids is 1. The molecule has 1 amide bonds. The van der Waals surface area contributed by atoms with Gasteiger partial charge in [0.05, 0.1) is 6.20 Å². The second-order valence-corrected chi connectivity index (χ2v) is 7.83. The van der Waals surface area contributed by atoms with Crippen LogP contribution in [0.5, 0.6) is 0 Å². The van der Waals surface area contributed by atoms with Gasteiger partial charge in [-0.05, 0) is 43.4 Å². The lowest BCUT2D eigenvalue weighted by Gasteiger charge is -2.29. The highest BCUT2D eigenvalue weighted by atomic mass is 16.2. The molecule has 1 atom stereocenters. The molecule has 29 heavy (non-hydrogen) atoms. The highest BCUT2D eigenvalue weighted by Gasteiger charge is 2.27. The van der Waals surface area contributed by atoms with Gasteiger partial charge < -0.3 is 15.1 Å². The molecule has 2 aliphatic rings. The number of hydrogen-bond acceptors (Lipinski definition) is 3. The Bertz CT molecular complexity index is 889. The quantitative estimate of drug-likeness (QED) is 0.638. The molecule has 154 valence electrons. The number of hydrogen-bond donors (Lipinski definition) is 1. The number of fused-ring (bicyclic) bond motifs is 1. The fraction of sp³-hybridized carbons (Fsp3) is 0.500. The first kappa shape index (κ1) is 19.5. The van der Waals surface area contributed by atoms with E-state index in [9.17, 15) is 4.79 Å². The molecule has 1 N–H and O–H groups in total. The van der Waals surface area contributed by atoms with Crippen LogP contribution in [0.15, 0.2) is 41.7 Å². The van der Waals surface area contributed by atoms with Gasteiger partial charge in [0.15, 0.2) is 5.96 Å². The zero-order valence-corrected chi connectivity index (χ0v) is 17.3. The lowest BCUT2D eigenvalue weighted by atomic mass is 10.0. The number of anilines is 1. The smallest absolute Gasteiger partial charge is 0.248 e. The third-order valence-electron chi connectivity index (χ3n) is 5.79. The van der Waals surface area contributed by atoms with Crippen LogP contribution in [0, 0.1) is 0 Å².